The average Bonchev–Trinajstić information content (AvgIpc) is 2.35. The van der Waals surface area contributed by atoms with E-state index in [1.807, 2.05) is 0 Å². The second-order valence-electron chi connectivity index (χ2n) is 4.30. The van der Waals surface area contributed by atoms with Crippen molar-refractivity contribution < 1.29 is 18.3 Å². The molecule has 0 aliphatic heterocycles. The molecule has 1 N–H and O–H groups in total. The number of hydrogen-bond donors (Lipinski definition) is 1. The van der Waals surface area contributed by atoms with Crippen LogP contribution in [0.3, 0.4) is 0 Å². The third-order valence-corrected chi connectivity index (χ3v) is 3.26. The van der Waals surface area contributed by atoms with Gasteiger partial charge in [0, 0.05) is 16.1 Å². The van der Waals surface area contributed by atoms with Gasteiger partial charge in [0.2, 0.25) is 0 Å². The summed E-state index contributed by atoms with van der Waals surface area (Å²) in [7, 11) is 0. The number of rotatable bonds is 2. The summed E-state index contributed by atoms with van der Waals surface area (Å²) in [6.07, 6.45) is 0. The fraction of sp³-hybridized carbons (Fsp3) is 0.143. The van der Waals surface area contributed by atoms with E-state index in [0.717, 1.165) is 18.2 Å². The fourth-order valence-electron chi connectivity index (χ4n) is 1.90. The molecule has 0 bridgehead atoms. The van der Waals surface area contributed by atoms with Crippen LogP contribution >= 0.6 is 11.6 Å². The molecular weight excluding hydrogens is 277 g/mol. The lowest BCUT2D eigenvalue weighted by molar-refractivity contribution is 0.0967. The number of halogens is 4. The Hall–Kier alpha value is -1.52. The lowest BCUT2D eigenvalue weighted by Crippen LogP contribution is -2.25. The Morgan fingerprint density at radius 3 is 2.42 bits per heavy atom. The summed E-state index contributed by atoms with van der Waals surface area (Å²) in [5.74, 6) is -2.91. The van der Waals surface area contributed by atoms with E-state index in [0.29, 0.717) is 0 Å². The van der Waals surface area contributed by atoms with Gasteiger partial charge in [-0.05, 0) is 31.2 Å². The first-order chi connectivity index (χ1) is 8.84. The molecule has 0 saturated carbocycles. The van der Waals surface area contributed by atoms with Gasteiger partial charge in [0.05, 0.1) is 0 Å². The molecule has 19 heavy (non-hydrogen) atoms. The number of benzene rings is 2. The van der Waals surface area contributed by atoms with Crippen LogP contribution in [0.5, 0.6) is 0 Å². The van der Waals surface area contributed by atoms with Crippen LogP contribution in [-0.2, 0) is 5.60 Å². The molecule has 1 unspecified atom stereocenters. The summed E-state index contributed by atoms with van der Waals surface area (Å²) in [6.45, 7) is 1.23. The van der Waals surface area contributed by atoms with Gasteiger partial charge in [-0.15, -0.1) is 0 Å². The van der Waals surface area contributed by atoms with E-state index in [2.05, 4.69) is 0 Å². The van der Waals surface area contributed by atoms with Crippen molar-refractivity contribution in [3.63, 3.8) is 0 Å². The van der Waals surface area contributed by atoms with E-state index in [1.54, 1.807) is 0 Å². The Labute approximate surface area is 113 Å². The van der Waals surface area contributed by atoms with Crippen molar-refractivity contribution in [2.24, 2.45) is 0 Å². The van der Waals surface area contributed by atoms with Crippen LogP contribution in [0.2, 0.25) is 5.02 Å². The fourth-order valence-corrected chi connectivity index (χ4v) is 2.20. The standard InChI is InChI=1S/C14H10ClF3O/c1-14(19,9-3-2-4-12(17)13(9)18)10-7-8(16)5-6-11(10)15/h2-7,19H,1H3. The molecule has 0 fully saturated rings. The molecular formula is C14H10ClF3O. The zero-order valence-electron chi connectivity index (χ0n) is 9.92. The Bertz CT molecular complexity index is 622. The molecule has 100 valence electrons. The molecule has 2 aromatic rings. The van der Waals surface area contributed by atoms with Crippen molar-refractivity contribution in [2.45, 2.75) is 12.5 Å². The first-order valence-corrected chi connectivity index (χ1v) is 5.84. The van der Waals surface area contributed by atoms with Crippen molar-refractivity contribution in [3.8, 4) is 0 Å². The SMILES string of the molecule is CC(O)(c1cc(F)ccc1Cl)c1cccc(F)c1F. The van der Waals surface area contributed by atoms with Gasteiger partial charge in [-0.1, -0.05) is 23.7 Å². The van der Waals surface area contributed by atoms with Crippen molar-refractivity contribution in [3.05, 3.63) is 70.0 Å². The van der Waals surface area contributed by atoms with Crippen LogP contribution in [0, 0.1) is 17.5 Å². The maximum Gasteiger partial charge on any atom is 0.165 e. The predicted molar refractivity (Wildman–Crippen MR) is 66.4 cm³/mol. The topological polar surface area (TPSA) is 20.2 Å². The van der Waals surface area contributed by atoms with E-state index in [1.165, 1.54) is 25.1 Å². The Morgan fingerprint density at radius 1 is 1.05 bits per heavy atom. The van der Waals surface area contributed by atoms with Gasteiger partial charge in [-0.25, -0.2) is 13.2 Å². The molecule has 0 aromatic heterocycles. The van der Waals surface area contributed by atoms with Crippen molar-refractivity contribution in [1.82, 2.24) is 0 Å². The molecule has 0 aliphatic rings. The van der Waals surface area contributed by atoms with Crippen LogP contribution < -0.4 is 0 Å². The highest BCUT2D eigenvalue weighted by Crippen LogP contribution is 2.36. The maximum absolute atomic E-state index is 13.7. The van der Waals surface area contributed by atoms with E-state index in [-0.39, 0.29) is 16.1 Å². The van der Waals surface area contributed by atoms with E-state index in [9.17, 15) is 18.3 Å². The van der Waals surface area contributed by atoms with Crippen molar-refractivity contribution in [2.75, 3.05) is 0 Å². The predicted octanol–water partition coefficient (Wildman–Crippen LogP) is 4.01. The number of aliphatic hydroxyl groups is 1. The lowest BCUT2D eigenvalue weighted by Gasteiger charge is -2.26. The highest BCUT2D eigenvalue weighted by molar-refractivity contribution is 6.31. The van der Waals surface area contributed by atoms with Gasteiger partial charge in [0.25, 0.3) is 0 Å². The minimum Gasteiger partial charge on any atom is -0.381 e. The lowest BCUT2D eigenvalue weighted by atomic mass is 9.87. The highest BCUT2D eigenvalue weighted by Gasteiger charge is 2.32. The molecule has 0 heterocycles. The molecule has 2 aromatic carbocycles. The molecule has 1 atom stereocenters. The zero-order chi connectivity index (χ0) is 14.2. The van der Waals surface area contributed by atoms with Crippen molar-refractivity contribution in [1.29, 1.82) is 0 Å². The Kier molecular flexibility index (Phi) is 3.56. The first-order valence-electron chi connectivity index (χ1n) is 5.46. The molecule has 5 heteroatoms. The molecule has 0 amide bonds. The van der Waals surface area contributed by atoms with Gasteiger partial charge in [-0.3, -0.25) is 0 Å². The van der Waals surface area contributed by atoms with Gasteiger partial charge in [0.15, 0.2) is 11.6 Å². The molecule has 0 spiro atoms. The van der Waals surface area contributed by atoms with Crippen LogP contribution in [0.1, 0.15) is 18.1 Å². The summed E-state index contributed by atoms with van der Waals surface area (Å²) < 4.78 is 40.2. The van der Waals surface area contributed by atoms with Gasteiger partial charge < -0.3 is 5.11 Å². The van der Waals surface area contributed by atoms with Crippen LogP contribution in [-0.4, -0.2) is 5.11 Å². The third kappa shape index (κ3) is 2.46. The van der Waals surface area contributed by atoms with Crippen LogP contribution in [0.25, 0.3) is 0 Å². The molecule has 1 nitrogen and oxygen atoms in total. The summed E-state index contributed by atoms with van der Waals surface area (Å²) in [6, 6.07) is 6.77. The Balaban J connectivity index is 2.65. The van der Waals surface area contributed by atoms with Gasteiger partial charge in [0.1, 0.15) is 11.4 Å². The average molecular weight is 287 g/mol. The Morgan fingerprint density at radius 2 is 1.74 bits per heavy atom. The highest BCUT2D eigenvalue weighted by atomic mass is 35.5. The molecule has 0 aliphatic carbocycles. The molecule has 0 radical (unpaired) electrons. The summed E-state index contributed by atoms with van der Waals surface area (Å²) in [5.41, 5.74) is -2.27. The summed E-state index contributed by atoms with van der Waals surface area (Å²) >= 11 is 5.88. The first kappa shape index (κ1) is 13.9. The van der Waals surface area contributed by atoms with E-state index >= 15 is 0 Å². The largest absolute Gasteiger partial charge is 0.381 e. The van der Waals surface area contributed by atoms with E-state index in [4.69, 9.17) is 11.6 Å². The smallest absolute Gasteiger partial charge is 0.165 e. The maximum atomic E-state index is 13.7. The van der Waals surface area contributed by atoms with Crippen LogP contribution in [0.15, 0.2) is 36.4 Å². The third-order valence-electron chi connectivity index (χ3n) is 2.93. The quantitative estimate of drug-likeness (QED) is 0.884. The normalized spacial score (nSPS) is 14.2. The monoisotopic (exact) mass is 286 g/mol. The minimum absolute atomic E-state index is 0.0290. The van der Waals surface area contributed by atoms with Gasteiger partial charge >= 0.3 is 0 Å². The second kappa shape index (κ2) is 4.87. The number of hydrogen-bond acceptors (Lipinski definition) is 1. The summed E-state index contributed by atoms with van der Waals surface area (Å²) in [4.78, 5) is 0. The van der Waals surface area contributed by atoms with Gasteiger partial charge in [-0.2, -0.15) is 0 Å². The second-order valence-corrected chi connectivity index (χ2v) is 4.70. The van der Waals surface area contributed by atoms with Crippen LogP contribution in [0.4, 0.5) is 13.2 Å². The van der Waals surface area contributed by atoms with E-state index < -0.39 is 23.1 Å². The summed E-state index contributed by atoms with van der Waals surface area (Å²) in [5, 5.41) is 10.5. The minimum atomic E-state index is -1.94. The van der Waals surface area contributed by atoms with Crippen molar-refractivity contribution >= 4 is 11.6 Å². The molecule has 2 rings (SSSR count). The molecule has 0 saturated heterocycles. The zero-order valence-corrected chi connectivity index (χ0v) is 10.7.